The molecule has 1 aromatic carbocycles. The van der Waals surface area contributed by atoms with Crippen molar-refractivity contribution in [1.82, 2.24) is 10.1 Å². The van der Waals surface area contributed by atoms with Crippen LogP contribution in [0.15, 0.2) is 47.1 Å². The molecule has 2 N–H and O–H groups in total. The Morgan fingerprint density at radius 2 is 2.03 bits per heavy atom. The van der Waals surface area contributed by atoms with Gasteiger partial charge in [0.25, 0.3) is 0 Å². The third kappa shape index (κ3) is 5.92. The number of ether oxygens (including phenoxy) is 2. The Morgan fingerprint density at radius 3 is 2.74 bits per heavy atom. The van der Waals surface area contributed by atoms with Crippen LogP contribution < -0.4 is 10.1 Å². The van der Waals surface area contributed by atoms with E-state index in [0.717, 1.165) is 12.8 Å². The van der Waals surface area contributed by atoms with Crippen molar-refractivity contribution in [2.45, 2.75) is 51.7 Å². The van der Waals surface area contributed by atoms with Crippen molar-refractivity contribution in [2.24, 2.45) is 5.92 Å². The summed E-state index contributed by atoms with van der Waals surface area (Å²) in [6.07, 6.45) is 2.88. The number of hydrogen-bond acceptors (Lipinski definition) is 7. The van der Waals surface area contributed by atoms with Crippen LogP contribution in [-0.4, -0.2) is 33.4 Å². The van der Waals surface area contributed by atoms with Crippen molar-refractivity contribution in [3.05, 3.63) is 58.9 Å². The molecular formula is C25H26ClN3O6. The quantitative estimate of drug-likeness (QED) is 0.403. The third-order valence-corrected chi connectivity index (χ3v) is 6.31. The average molecular weight is 500 g/mol. The van der Waals surface area contributed by atoms with Crippen molar-refractivity contribution in [3.8, 4) is 17.2 Å². The maximum Gasteiger partial charge on any atom is 0.412 e. The first kappa shape index (κ1) is 24.5. The second-order valence-electron chi connectivity index (χ2n) is 8.49. The van der Waals surface area contributed by atoms with E-state index in [1.165, 1.54) is 0 Å². The van der Waals surface area contributed by atoms with Crippen LogP contribution in [0.5, 0.6) is 5.75 Å². The van der Waals surface area contributed by atoms with Gasteiger partial charge in [0.15, 0.2) is 0 Å². The molecule has 4 rings (SSSR count). The van der Waals surface area contributed by atoms with E-state index in [1.807, 2.05) is 6.07 Å². The van der Waals surface area contributed by atoms with E-state index in [0.29, 0.717) is 46.3 Å². The van der Waals surface area contributed by atoms with Gasteiger partial charge in [0.2, 0.25) is 5.76 Å². The molecule has 9 nitrogen and oxygen atoms in total. The van der Waals surface area contributed by atoms with Gasteiger partial charge in [-0.2, -0.15) is 0 Å². The highest BCUT2D eigenvalue weighted by molar-refractivity contribution is 6.31. The van der Waals surface area contributed by atoms with E-state index < -0.39 is 18.2 Å². The number of nitrogens with zero attached hydrogens (tertiary/aromatic N) is 2. The third-order valence-electron chi connectivity index (χ3n) is 5.96. The van der Waals surface area contributed by atoms with Crippen LogP contribution in [0.2, 0.25) is 5.02 Å². The highest BCUT2D eigenvalue weighted by Gasteiger charge is 2.28. The second-order valence-corrected chi connectivity index (χ2v) is 8.89. The van der Waals surface area contributed by atoms with E-state index in [1.54, 1.807) is 50.4 Å². The summed E-state index contributed by atoms with van der Waals surface area (Å²) in [5.74, 6) is -0.358. The first-order valence-corrected chi connectivity index (χ1v) is 11.7. The minimum Gasteiger partial charge on any atom is -0.489 e. The van der Waals surface area contributed by atoms with Gasteiger partial charge in [0, 0.05) is 10.6 Å². The molecule has 3 atom stereocenters. The van der Waals surface area contributed by atoms with Crippen molar-refractivity contribution in [3.63, 3.8) is 0 Å². The fourth-order valence-corrected chi connectivity index (χ4v) is 4.39. The molecule has 0 spiro atoms. The van der Waals surface area contributed by atoms with E-state index in [4.69, 9.17) is 25.6 Å². The number of aromatic nitrogens is 2. The zero-order valence-corrected chi connectivity index (χ0v) is 20.1. The summed E-state index contributed by atoms with van der Waals surface area (Å²) in [5.41, 5.74) is 1.95. The Labute approximate surface area is 207 Å². The summed E-state index contributed by atoms with van der Waals surface area (Å²) in [6.45, 7) is 3.42. The lowest BCUT2D eigenvalue weighted by atomic mass is 9.87. The topological polar surface area (TPSA) is 124 Å². The number of carbonyl (C=O) groups is 2. The number of carboxylic acids is 1. The molecule has 10 heteroatoms. The molecule has 184 valence electrons. The first-order chi connectivity index (χ1) is 16.8. The number of carboxylic acid groups (broad SMARTS) is 1. The molecule has 2 unspecified atom stereocenters. The molecule has 1 aliphatic rings. The maximum absolute atomic E-state index is 12.6. The molecule has 2 aromatic heterocycles. The number of anilines is 1. The van der Waals surface area contributed by atoms with Crippen molar-refractivity contribution < 1.29 is 28.7 Å². The zero-order valence-electron chi connectivity index (χ0n) is 19.4. The number of aryl methyl sites for hydroxylation is 1. The van der Waals surface area contributed by atoms with E-state index in [9.17, 15) is 14.7 Å². The summed E-state index contributed by atoms with van der Waals surface area (Å²) < 4.78 is 16.8. The van der Waals surface area contributed by atoms with Gasteiger partial charge >= 0.3 is 12.1 Å². The molecule has 2 heterocycles. The Hall–Kier alpha value is -3.59. The smallest absolute Gasteiger partial charge is 0.412 e. The summed E-state index contributed by atoms with van der Waals surface area (Å²) >= 11 is 6.19. The Morgan fingerprint density at radius 1 is 1.23 bits per heavy atom. The van der Waals surface area contributed by atoms with Gasteiger partial charge in [-0.3, -0.25) is 10.1 Å². The van der Waals surface area contributed by atoms with Crippen LogP contribution in [-0.2, 0) is 9.53 Å². The van der Waals surface area contributed by atoms with Gasteiger partial charge < -0.3 is 19.1 Å². The summed E-state index contributed by atoms with van der Waals surface area (Å²) in [7, 11) is 0. The Balaban J connectivity index is 1.42. The fourth-order valence-electron chi connectivity index (χ4n) is 4.11. The molecular weight excluding hydrogens is 474 g/mol. The maximum atomic E-state index is 12.6. The summed E-state index contributed by atoms with van der Waals surface area (Å²) in [4.78, 5) is 28.2. The molecule has 1 aliphatic carbocycles. The number of nitrogens with one attached hydrogen (secondary N) is 1. The minimum absolute atomic E-state index is 0.169. The second kappa shape index (κ2) is 10.8. The number of pyridine rings is 1. The van der Waals surface area contributed by atoms with Crippen molar-refractivity contribution in [2.75, 3.05) is 5.32 Å². The number of hydrogen-bond donors (Lipinski definition) is 2. The van der Waals surface area contributed by atoms with Crippen LogP contribution >= 0.6 is 11.6 Å². The Bertz CT molecular complexity index is 1200. The molecule has 1 fully saturated rings. The number of aliphatic carboxylic acids is 1. The molecule has 35 heavy (non-hydrogen) atoms. The lowest BCUT2D eigenvalue weighted by Gasteiger charge is -2.27. The molecule has 1 saturated carbocycles. The molecule has 0 aliphatic heterocycles. The highest BCUT2D eigenvalue weighted by atomic mass is 35.5. The monoisotopic (exact) mass is 499 g/mol. The fraction of sp³-hybridized carbons (Fsp3) is 0.360. The van der Waals surface area contributed by atoms with Crippen LogP contribution in [0.25, 0.3) is 11.5 Å². The summed E-state index contributed by atoms with van der Waals surface area (Å²) in [6, 6.07) is 10.6. The van der Waals surface area contributed by atoms with Crippen LogP contribution in [0.1, 0.15) is 50.0 Å². The molecule has 1 amide bonds. The summed E-state index contributed by atoms with van der Waals surface area (Å²) in [5, 5.41) is 16.4. The normalized spacial score (nSPS) is 18.5. The van der Waals surface area contributed by atoms with Crippen LogP contribution in [0.4, 0.5) is 10.5 Å². The van der Waals surface area contributed by atoms with Gasteiger partial charge in [-0.15, -0.1) is 0 Å². The van der Waals surface area contributed by atoms with Gasteiger partial charge in [-0.25, -0.2) is 9.78 Å². The lowest BCUT2D eigenvalue weighted by Crippen LogP contribution is -2.29. The number of amides is 1. The van der Waals surface area contributed by atoms with Gasteiger partial charge in [-0.1, -0.05) is 35.0 Å². The number of carbonyl (C=O) groups excluding carboxylic acids is 1. The van der Waals surface area contributed by atoms with Crippen LogP contribution in [0.3, 0.4) is 0 Å². The lowest BCUT2D eigenvalue weighted by molar-refractivity contribution is -0.143. The van der Waals surface area contributed by atoms with Gasteiger partial charge in [-0.05, 0) is 57.7 Å². The number of benzene rings is 1. The van der Waals surface area contributed by atoms with Gasteiger partial charge in [0.1, 0.15) is 28.9 Å². The number of halogens is 1. The molecule has 0 saturated heterocycles. The van der Waals surface area contributed by atoms with Crippen LogP contribution in [0, 0.1) is 12.8 Å². The molecule has 0 bridgehead atoms. The SMILES string of the molecule is Cc1noc(-c2ccc(OC3CCCC(C(=O)O)C3)cn2)c1NC(=O)O[C@H](C)c1ccccc1Cl. The highest BCUT2D eigenvalue weighted by Crippen LogP contribution is 2.33. The van der Waals surface area contributed by atoms with Crippen molar-refractivity contribution >= 4 is 29.4 Å². The molecule has 3 aromatic rings. The van der Waals surface area contributed by atoms with E-state index in [-0.39, 0.29) is 17.8 Å². The van der Waals surface area contributed by atoms with Gasteiger partial charge in [0.05, 0.1) is 18.2 Å². The van der Waals surface area contributed by atoms with Crippen molar-refractivity contribution in [1.29, 1.82) is 0 Å². The first-order valence-electron chi connectivity index (χ1n) is 11.4. The minimum atomic E-state index is -0.785. The standard InChI is InChI=1S/C25H26ClN3O6/c1-14-22(28-25(32)33-15(2)19-8-3-4-9-20(19)26)23(35-29-14)21-11-10-18(13-27-21)34-17-7-5-6-16(12-17)24(30)31/h3-4,8-11,13,15-17H,5-7,12H2,1-2H3,(H,28,32)(H,30,31)/t15-,16?,17?/m1/s1. The largest absolute Gasteiger partial charge is 0.489 e. The van der Waals surface area contributed by atoms with E-state index in [2.05, 4.69) is 15.5 Å². The molecule has 0 radical (unpaired) electrons. The predicted octanol–water partition coefficient (Wildman–Crippen LogP) is 6.03. The van der Waals surface area contributed by atoms with E-state index >= 15 is 0 Å². The number of rotatable bonds is 7. The Kier molecular flexibility index (Phi) is 7.55. The zero-order chi connectivity index (χ0) is 24.9. The predicted molar refractivity (Wildman–Crippen MR) is 128 cm³/mol. The average Bonchev–Trinajstić information content (AvgIpc) is 3.19.